The summed E-state index contributed by atoms with van der Waals surface area (Å²) in [6, 6.07) is 0. The fourth-order valence-electron chi connectivity index (χ4n) is 0. The standard InChI is InChI=1S/C3H7O/c1-3-4-2/h1,3H2,2H3/q-1. The largest absolute Gasteiger partial charge is 0.417 e. The van der Waals surface area contributed by atoms with E-state index >= 15 is 0 Å². The third-order valence-corrected chi connectivity index (χ3v) is 0.204. The molecule has 0 saturated carbocycles. The Morgan fingerprint density at radius 1 is 2.00 bits per heavy atom. The quantitative estimate of drug-likeness (QED) is 0.399. The molecule has 26 valence electrons. The summed E-state index contributed by atoms with van der Waals surface area (Å²) in [5.41, 5.74) is 0. The molecule has 0 saturated heterocycles. The van der Waals surface area contributed by atoms with Gasteiger partial charge in [0.05, 0.1) is 0 Å². The Labute approximate surface area is 26.6 Å². The molecule has 0 radical (unpaired) electrons. The number of rotatable bonds is 1. The van der Waals surface area contributed by atoms with Gasteiger partial charge in [-0.1, -0.05) is 6.61 Å². The van der Waals surface area contributed by atoms with Crippen molar-refractivity contribution in [2.45, 2.75) is 0 Å². The van der Waals surface area contributed by atoms with Crippen LogP contribution in [0.5, 0.6) is 0 Å². The molecule has 0 aliphatic rings. The minimum absolute atomic E-state index is 0.569. The lowest BCUT2D eigenvalue weighted by atomic mass is 10.9. The Morgan fingerprint density at radius 2 is 2.25 bits per heavy atom. The van der Waals surface area contributed by atoms with Gasteiger partial charge in [0.1, 0.15) is 0 Å². The number of ether oxygens (including phenoxy) is 1. The van der Waals surface area contributed by atoms with Crippen molar-refractivity contribution < 1.29 is 4.74 Å². The van der Waals surface area contributed by atoms with Crippen LogP contribution in [0.2, 0.25) is 0 Å². The first-order valence-electron chi connectivity index (χ1n) is 1.20. The van der Waals surface area contributed by atoms with Crippen molar-refractivity contribution in [3.05, 3.63) is 6.92 Å². The molecule has 0 aromatic rings. The number of methoxy groups -OCH3 is 1. The third-order valence-electron chi connectivity index (χ3n) is 0.204. The van der Waals surface area contributed by atoms with Crippen LogP contribution in [0.3, 0.4) is 0 Å². The van der Waals surface area contributed by atoms with E-state index in [1.165, 1.54) is 0 Å². The molecule has 0 aromatic carbocycles. The normalized spacial score (nSPS) is 7.50. The van der Waals surface area contributed by atoms with Crippen molar-refractivity contribution in [3.8, 4) is 0 Å². The smallest absolute Gasteiger partial charge is 0.0319 e. The van der Waals surface area contributed by atoms with Gasteiger partial charge in [0.15, 0.2) is 0 Å². The molecular weight excluding hydrogens is 52.0 g/mol. The van der Waals surface area contributed by atoms with E-state index in [-0.39, 0.29) is 0 Å². The van der Waals surface area contributed by atoms with Crippen LogP contribution in [-0.2, 0) is 4.74 Å². The molecule has 1 heteroatoms. The van der Waals surface area contributed by atoms with Gasteiger partial charge in [0, 0.05) is 7.11 Å². The average Bonchev–Trinajstić information content (AvgIpc) is 1.37. The summed E-state index contributed by atoms with van der Waals surface area (Å²) in [6.07, 6.45) is 0. The van der Waals surface area contributed by atoms with Crippen molar-refractivity contribution in [1.29, 1.82) is 0 Å². The van der Waals surface area contributed by atoms with Crippen LogP contribution >= 0.6 is 0 Å². The lowest BCUT2D eigenvalue weighted by molar-refractivity contribution is 0.232. The molecule has 0 aliphatic carbocycles. The number of hydrogen-bond acceptors (Lipinski definition) is 1. The molecule has 0 amide bonds. The second kappa shape index (κ2) is 2.96. The summed E-state index contributed by atoms with van der Waals surface area (Å²) >= 11 is 0. The van der Waals surface area contributed by atoms with Gasteiger partial charge in [-0.25, -0.2) is 0 Å². The molecule has 0 aromatic heterocycles. The van der Waals surface area contributed by atoms with Gasteiger partial charge in [0.2, 0.25) is 0 Å². The van der Waals surface area contributed by atoms with E-state index in [1.54, 1.807) is 7.11 Å². The molecule has 0 atom stereocenters. The van der Waals surface area contributed by atoms with Crippen molar-refractivity contribution in [1.82, 2.24) is 0 Å². The molecule has 0 bridgehead atoms. The van der Waals surface area contributed by atoms with Crippen molar-refractivity contribution in [2.24, 2.45) is 0 Å². The summed E-state index contributed by atoms with van der Waals surface area (Å²) < 4.78 is 4.43. The van der Waals surface area contributed by atoms with Crippen molar-refractivity contribution in [3.63, 3.8) is 0 Å². The highest BCUT2D eigenvalue weighted by molar-refractivity contribution is 4.21. The average molecular weight is 59.1 g/mol. The van der Waals surface area contributed by atoms with Gasteiger partial charge in [-0.3, -0.25) is 0 Å². The van der Waals surface area contributed by atoms with Crippen molar-refractivity contribution >= 4 is 0 Å². The molecule has 0 N–H and O–H groups in total. The topological polar surface area (TPSA) is 9.23 Å². The summed E-state index contributed by atoms with van der Waals surface area (Å²) in [6.45, 7) is 3.95. The van der Waals surface area contributed by atoms with Gasteiger partial charge in [-0.15, -0.1) is 0 Å². The summed E-state index contributed by atoms with van der Waals surface area (Å²) in [7, 11) is 1.62. The predicted octanol–water partition coefficient (Wildman–Crippen LogP) is 0.467. The first kappa shape index (κ1) is 3.96. The van der Waals surface area contributed by atoms with Crippen LogP contribution in [0.25, 0.3) is 0 Å². The maximum absolute atomic E-state index is 4.43. The highest BCUT2D eigenvalue weighted by Crippen LogP contribution is 1.51. The van der Waals surface area contributed by atoms with Gasteiger partial charge in [-0.2, -0.15) is 0 Å². The highest BCUT2D eigenvalue weighted by atomic mass is 16.5. The SMILES string of the molecule is [CH2-]COC. The Kier molecular flexibility index (Phi) is 2.93. The molecular formula is C3H7O-. The van der Waals surface area contributed by atoms with E-state index < -0.39 is 0 Å². The van der Waals surface area contributed by atoms with E-state index in [0.29, 0.717) is 6.61 Å². The van der Waals surface area contributed by atoms with E-state index in [9.17, 15) is 0 Å². The molecule has 0 aliphatic heterocycles. The summed E-state index contributed by atoms with van der Waals surface area (Å²) in [5.74, 6) is 0. The first-order valence-corrected chi connectivity index (χ1v) is 1.20. The van der Waals surface area contributed by atoms with Gasteiger partial charge in [-0.05, 0) is 0 Å². The lowest BCUT2D eigenvalue weighted by Gasteiger charge is -1.85. The fraction of sp³-hybridized carbons (Fsp3) is 0.667. The van der Waals surface area contributed by atoms with Crippen LogP contribution in [0.15, 0.2) is 0 Å². The Balaban J connectivity index is 1.97. The second-order valence-corrected chi connectivity index (χ2v) is 0.493. The van der Waals surface area contributed by atoms with Crippen LogP contribution in [0, 0.1) is 6.92 Å². The highest BCUT2D eigenvalue weighted by Gasteiger charge is 1.41. The van der Waals surface area contributed by atoms with Crippen LogP contribution in [-0.4, -0.2) is 13.7 Å². The summed E-state index contributed by atoms with van der Waals surface area (Å²) in [5, 5.41) is 0. The second-order valence-electron chi connectivity index (χ2n) is 0.493. The van der Waals surface area contributed by atoms with E-state index in [0.717, 1.165) is 0 Å². The molecule has 4 heavy (non-hydrogen) atoms. The Hall–Kier alpha value is -0.0400. The first-order chi connectivity index (χ1) is 1.91. The van der Waals surface area contributed by atoms with Crippen LogP contribution < -0.4 is 0 Å². The summed E-state index contributed by atoms with van der Waals surface area (Å²) in [4.78, 5) is 0. The zero-order chi connectivity index (χ0) is 3.41. The zero-order valence-electron chi connectivity index (χ0n) is 2.82. The molecule has 0 unspecified atom stereocenters. The van der Waals surface area contributed by atoms with Crippen LogP contribution in [0.1, 0.15) is 0 Å². The molecule has 0 rings (SSSR count). The van der Waals surface area contributed by atoms with E-state index in [2.05, 4.69) is 11.7 Å². The van der Waals surface area contributed by atoms with Gasteiger partial charge < -0.3 is 11.7 Å². The Morgan fingerprint density at radius 3 is 2.25 bits per heavy atom. The van der Waals surface area contributed by atoms with Crippen molar-refractivity contribution in [2.75, 3.05) is 13.7 Å². The predicted molar refractivity (Wildman–Crippen MR) is 17.2 cm³/mol. The molecule has 0 heterocycles. The molecule has 0 spiro atoms. The van der Waals surface area contributed by atoms with E-state index in [4.69, 9.17) is 0 Å². The third kappa shape index (κ3) is 1.96. The van der Waals surface area contributed by atoms with Gasteiger partial charge in [0.25, 0.3) is 0 Å². The Bertz CT molecular complexity index is 5.25. The molecule has 0 fully saturated rings. The number of hydrogen-bond donors (Lipinski definition) is 0. The fourth-order valence-corrected chi connectivity index (χ4v) is 0. The maximum atomic E-state index is 4.43. The minimum Gasteiger partial charge on any atom is -0.417 e. The zero-order valence-corrected chi connectivity index (χ0v) is 2.82. The maximum Gasteiger partial charge on any atom is 0.0319 e. The minimum atomic E-state index is 0.569. The monoisotopic (exact) mass is 59.1 g/mol. The lowest BCUT2D eigenvalue weighted by Crippen LogP contribution is -1.74. The van der Waals surface area contributed by atoms with Crippen LogP contribution in [0.4, 0.5) is 0 Å². The molecule has 1 nitrogen and oxygen atoms in total. The van der Waals surface area contributed by atoms with Gasteiger partial charge >= 0.3 is 0 Å². The van der Waals surface area contributed by atoms with E-state index in [1.807, 2.05) is 0 Å².